The second kappa shape index (κ2) is 9.76. The number of halogens is 1. The zero-order valence-electron chi connectivity index (χ0n) is 19.8. The van der Waals surface area contributed by atoms with Crippen molar-refractivity contribution >= 4 is 40.0 Å². The summed E-state index contributed by atoms with van der Waals surface area (Å²) >= 11 is 6.17. The minimum absolute atomic E-state index is 0.0593. The number of hydrogen-bond acceptors (Lipinski definition) is 4. The molecule has 2 aromatic heterocycles. The van der Waals surface area contributed by atoms with E-state index in [0.29, 0.717) is 27.5 Å². The van der Waals surface area contributed by atoms with Gasteiger partial charge in [-0.05, 0) is 49.2 Å². The number of ketones is 1. The van der Waals surface area contributed by atoms with Gasteiger partial charge in [-0.25, -0.2) is 9.67 Å². The Morgan fingerprint density at radius 1 is 0.944 bits per heavy atom. The van der Waals surface area contributed by atoms with E-state index in [9.17, 15) is 9.59 Å². The van der Waals surface area contributed by atoms with Crippen molar-refractivity contribution in [3.05, 3.63) is 112 Å². The van der Waals surface area contributed by atoms with Crippen molar-refractivity contribution in [2.75, 3.05) is 5.32 Å². The number of amides is 1. The fraction of sp³-hybridized carbons (Fsp3) is 0.103. The molecule has 0 saturated heterocycles. The predicted octanol–water partition coefficient (Wildman–Crippen LogP) is 6.24. The van der Waals surface area contributed by atoms with Crippen LogP contribution in [0.5, 0.6) is 0 Å². The monoisotopic (exact) mass is 494 g/mol. The summed E-state index contributed by atoms with van der Waals surface area (Å²) in [7, 11) is 0. The van der Waals surface area contributed by atoms with Gasteiger partial charge in [0.25, 0.3) is 0 Å². The molecule has 178 valence electrons. The summed E-state index contributed by atoms with van der Waals surface area (Å²) in [4.78, 5) is 30.7. The summed E-state index contributed by atoms with van der Waals surface area (Å²) in [6.07, 6.45) is 1.73. The standard InChI is InChI=1S/C29H23ClN4O2/c1-18-7-6-10-21(15-18)23-13-14-31-29-27(23)19(2)33-34(29)17-26(35)32-25-12-11-22(30)16-24(25)28(36)20-8-4-3-5-9-20/h3-16H,17H2,1-2H3,(H,32,35). The molecule has 0 bridgehead atoms. The number of benzene rings is 3. The van der Waals surface area contributed by atoms with E-state index in [2.05, 4.69) is 40.5 Å². The predicted molar refractivity (Wildman–Crippen MR) is 142 cm³/mol. The highest BCUT2D eigenvalue weighted by Crippen LogP contribution is 2.30. The molecule has 0 atom stereocenters. The van der Waals surface area contributed by atoms with Crippen LogP contribution in [0.25, 0.3) is 22.2 Å². The first kappa shape index (κ1) is 23.5. The highest BCUT2D eigenvalue weighted by Gasteiger charge is 2.19. The topological polar surface area (TPSA) is 76.9 Å². The van der Waals surface area contributed by atoms with Crippen molar-refractivity contribution in [3.8, 4) is 11.1 Å². The summed E-state index contributed by atoms with van der Waals surface area (Å²) in [6.45, 7) is 3.90. The fourth-order valence-electron chi connectivity index (χ4n) is 4.33. The van der Waals surface area contributed by atoms with E-state index in [1.807, 2.05) is 25.1 Å². The van der Waals surface area contributed by atoms with Gasteiger partial charge in [-0.2, -0.15) is 5.10 Å². The molecule has 1 N–H and O–H groups in total. The van der Waals surface area contributed by atoms with E-state index in [0.717, 1.165) is 27.8 Å². The first-order chi connectivity index (χ1) is 17.4. The Morgan fingerprint density at radius 2 is 1.75 bits per heavy atom. The zero-order valence-corrected chi connectivity index (χ0v) is 20.6. The number of aryl methyl sites for hydroxylation is 2. The molecule has 0 aliphatic rings. The van der Waals surface area contributed by atoms with Crippen LogP contribution in [0.1, 0.15) is 27.2 Å². The van der Waals surface area contributed by atoms with Gasteiger partial charge in [-0.1, -0.05) is 71.8 Å². The van der Waals surface area contributed by atoms with E-state index in [1.54, 1.807) is 53.3 Å². The third-order valence-corrected chi connectivity index (χ3v) is 6.20. The highest BCUT2D eigenvalue weighted by atomic mass is 35.5. The van der Waals surface area contributed by atoms with E-state index >= 15 is 0 Å². The van der Waals surface area contributed by atoms with Crippen molar-refractivity contribution in [2.45, 2.75) is 20.4 Å². The number of pyridine rings is 1. The molecule has 5 rings (SSSR count). The highest BCUT2D eigenvalue weighted by molar-refractivity contribution is 6.31. The molecule has 0 unspecified atom stereocenters. The molecule has 0 aliphatic heterocycles. The SMILES string of the molecule is Cc1cccc(-c2ccnc3c2c(C)nn3CC(=O)Nc2ccc(Cl)cc2C(=O)c2ccccc2)c1. The van der Waals surface area contributed by atoms with Gasteiger partial charge >= 0.3 is 0 Å². The van der Waals surface area contributed by atoms with Crippen LogP contribution >= 0.6 is 11.6 Å². The van der Waals surface area contributed by atoms with Crippen LogP contribution in [-0.2, 0) is 11.3 Å². The van der Waals surface area contributed by atoms with Crippen molar-refractivity contribution < 1.29 is 9.59 Å². The van der Waals surface area contributed by atoms with Crippen LogP contribution in [0, 0.1) is 13.8 Å². The average Bonchev–Trinajstić information content (AvgIpc) is 3.20. The molecule has 0 saturated carbocycles. The maximum atomic E-state index is 13.1. The Bertz CT molecular complexity index is 1610. The number of fused-ring (bicyclic) bond motifs is 1. The number of carbonyl (C=O) groups is 2. The fourth-order valence-corrected chi connectivity index (χ4v) is 4.50. The number of aromatic nitrogens is 3. The minimum Gasteiger partial charge on any atom is -0.324 e. The Balaban J connectivity index is 1.45. The van der Waals surface area contributed by atoms with Crippen molar-refractivity contribution in [1.82, 2.24) is 14.8 Å². The summed E-state index contributed by atoms with van der Waals surface area (Å²) in [5.41, 5.74) is 5.87. The number of nitrogens with one attached hydrogen (secondary N) is 1. The smallest absolute Gasteiger partial charge is 0.246 e. The van der Waals surface area contributed by atoms with Gasteiger partial charge in [0.1, 0.15) is 6.54 Å². The number of rotatable bonds is 6. The van der Waals surface area contributed by atoms with Crippen LogP contribution in [0.15, 0.2) is 85.1 Å². The van der Waals surface area contributed by atoms with Crippen LogP contribution < -0.4 is 5.32 Å². The van der Waals surface area contributed by atoms with Gasteiger partial charge < -0.3 is 5.32 Å². The molecule has 0 fully saturated rings. The lowest BCUT2D eigenvalue weighted by atomic mass is 10.0. The largest absolute Gasteiger partial charge is 0.324 e. The Morgan fingerprint density at radius 3 is 2.53 bits per heavy atom. The molecule has 2 heterocycles. The summed E-state index contributed by atoms with van der Waals surface area (Å²) in [6, 6.07) is 23.9. The number of anilines is 1. The summed E-state index contributed by atoms with van der Waals surface area (Å²) in [5.74, 6) is -0.551. The molecule has 5 aromatic rings. The number of hydrogen-bond donors (Lipinski definition) is 1. The molecule has 36 heavy (non-hydrogen) atoms. The van der Waals surface area contributed by atoms with Gasteiger partial charge in [-0.3, -0.25) is 9.59 Å². The quantitative estimate of drug-likeness (QED) is 0.283. The maximum Gasteiger partial charge on any atom is 0.246 e. The van der Waals surface area contributed by atoms with E-state index < -0.39 is 0 Å². The molecular formula is C29H23ClN4O2. The van der Waals surface area contributed by atoms with E-state index in [1.165, 1.54) is 0 Å². The second-order valence-corrected chi connectivity index (χ2v) is 9.04. The van der Waals surface area contributed by atoms with Crippen molar-refractivity contribution in [3.63, 3.8) is 0 Å². The third kappa shape index (κ3) is 4.63. The first-order valence-corrected chi connectivity index (χ1v) is 11.9. The van der Waals surface area contributed by atoms with Crippen LogP contribution in [0.2, 0.25) is 5.02 Å². The summed E-state index contributed by atoms with van der Waals surface area (Å²) in [5, 5.41) is 8.78. The molecule has 7 heteroatoms. The Kier molecular flexibility index (Phi) is 6.36. The van der Waals surface area contributed by atoms with Gasteiger partial charge in [0, 0.05) is 27.7 Å². The molecule has 1 amide bonds. The second-order valence-electron chi connectivity index (χ2n) is 8.60. The van der Waals surface area contributed by atoms with Crippen LogP contribution in [-0.4, -0.2) is 26.5 Å². The van der Waals surface area contributed by atoms with Gasteiger partial charge in [0.05, 0.1) is 11.4 Å². The molecule has 0 spiro atoms. The Hall–Kier alpha value is -4.29. The molecular weight excluding hydrogens is 472 g/mol. The number of nitrogens with zero attached hydrogens (tertiary/aromatic N) is 3. The van der Waals surface area contributed by atoms with Crippen molar-refractivity contribution in [1.29, 1.82) is 0 Å². The zero-order chi connectivity index (χ0) is 25.2. The minimum atomic E-state index is -0.327. The van der Waals surface area contributed by atoms with E-state index in [4.69, 9.17) is 11.6 Å². The molecule has 3 aromatic carbocycles. The molecule has 6 nitrogen and oxygen atoms in total. The normalized spacial score (nSPS) is 11.0. The lowest BCUT2D eigenvalue weighted by Gasteiger charge is -2.12. The van der Waals surface area contributed by atoms with E-state index in [-0.39, 0.29) is 18.2 Å². The third-order valence-electron chi connectivity index (χ3n) is 5.97. The Labute approximate surface area is 213 Å². The summed E-state index contributed by atoms with van der Waals surface area (Å²) < 4.78 is 1.59. The maximum absolute atomic E-state index is 13.1. The van der Waals surface area contributed by atoms with Gasteiger partial charge in [-0.15, -0.1) is 0 Å². The van der Waals surface area contributed by atoms with Gasteiger partial charge in [0.15, 0.2) is 11.4 Å². The van der Waals surface area contributed by atoms with Crippen LogP contribution in [0.4, 0.5) is 5.69 Å². The molecule has 0 aliphatic carbocycles. The number of carbonyl (C=O) groups excluding carboxylic acids is 2. The first-order valence-electron chi connectivity index (χ1n) is 11.5. The van der Waals surface area contributed by atoms with Crippen LogP contribution in [0.3, 0.4) is 0 Å². The van der Waals surface area contributed by atoms with Crippen molar-refractivity contribution in [2.24, 2.45) is 0 Å². The average molecular weight is 495 g/mol. The van der Waals surface area contributed by atoms with Gasteiger partial charge in [0.2, 0.25) is 5.91 Å². The molecule has 0 radical (unpaired) electrons. The lowest BCUT2D eigenvalue weighted by molar-refractivity contribution is -0.116. The lowest BCUT2D eigenvalue weighted by Crippen LogP contribution is -2.21.